The van der Waals surface area contributed by atoms with Crippen molar-refractivity contribution in [3.63, 3.8) is 0 Å². The molecule has 0 aliphatic carbocycles. The highest BCUT2D eigenvalue weighted by atomic mass is 32.1. The van der Waals surface area contributed by atoms with Crippen molar-refractivity contribution in [1.82, 2.24) is 15.1 Å². The SMILES string of the molecule is C=CCNC(=S)Nc1ccc2c(c1)CC1(C(=O)N(C)C(=O)N(C)C1=O)[C@@H]1CCCN21. The molecule has 8 nitrogen and oxygen atoms in total. The Morgan fingerprint density at radius 1 is 1.27 bits per heavy atom. The Morgan fingerprint density at radius 2 is 1.97 bits per heavy atom. The van der Waals surface area contributed by atoms with Gasteiger partial charge in [0.1, 0.15) is 0 Å². The number of rotatable bonds is 3. The van der Waals surface area contributed by atoms with E-state index in [1.54, 1.807) is 6.08 Å². The normalized spacial score (nSPS) is 22.1. The van der Waals surface area contributed by atoms with Crippen LogP contribution in [0.2, 0.25) is 0 Å². The van der Waals surface area contributed by atoms with E-state index >= 15 is 0 Å². The summed E-state index contributed by atoms with van der Waals surface area (Å²) in [5.41, 5.74) is 1.40. The largest absolute Gasteiger partial charge is 0.367 e. The maximum Gasteiger partial charge on any atom is 0.332 e. The fourth-order valence-electron chi connectivity index (χ4n) is 4.94. The summed E-state index contributed by atoms with van der Waals surface area (Å²) in [5.74, 6) is -0.834. The quantitative estimate of drug-likeness (QED) is 0.432. The molecule has 2 N–H and O–H groups in total. The minimum Gasteiger partial charge on any atom is -0.367 e. The van der Waals surface area contributed by atoms with E-state index in [1.165, 1.54) is 14.1 Å². The fraction of sp³-hybridized carbons (Fsp3) is 0.429. The van der Waals surface area contributed by atoms with E-state index in [-0.39, 0.29) is 12.5 Å². The average molecular weight is 428 g/mol. The highest BCUT2D eigenvalue weighted by molar-refractivity contribution is 7.80. The van der Waals surface area contributed by atoms with Crippen LogP contribution in [0, 0.1) is 5.41 Å². The van der Waals surface area contributed by atoms with Crippen LogP contribution in [0.25, 0.3) is 0 Å². The van der Waals surface area contributed by atoms with E-state index in [1.807, 2.05) is 18.2 Å². The number of amides is 4. The summed E-state index contributed by atoms with van der Waals surface area (Å²) in [6.07, 6.45) is 3.60. The van der Waals surface area contributed by atoms with Crippen LogP contribution in [0.5, 0.6) is 0 Å². The predicted molar refractivity (Wildman–Crippen MR) is 118 cm³/mol. The van der Waals surface area contributed by atoms with Gasteiger partial charge in [-0.2, -0.15) is 0 Å². The maximum atomic E-state index is 13.4. The van der Waals surface area contributed by atoms with Gasteiger partial charge in [0, 0.05) is 38.6 Å². The van der Waals surface area contributed by atoms with Gasteiger partial charge in [-0.3, -0.25) is 19.4 Å². The monoisotopic (exact) mass is 427 g/mol. The Labute approximate surface area is 180 Å². The molecule has 158 valence electrons. The van der Waals surface area contributed by atoms with Crippen LogP contribution in [0.1, 0.15) is 18.4 Å². The van der Waals surface area contributed by atoms with Crippen molar-refractivity contribution in [2.45, 2.75) is 25.3 Å². The first kappa shape index (κ1) is 20.3. The molecule has 0 radical (unpaired) electrons. The molecule has 1 aromatic rings. The molecule has 9 heteroatoms. The van der Waals surface area contributed by atoms with E-state index in [0.29, 0.717) is 11.7 Å². The number of benzene rings is 1. The number of imide groups is 2. The van der Waals surface area contributed by atoms with Crippen molar-refractivity contribution in [2.75, 3.05) is 37.4 Å². The van der Waals surface area contributed by atoms with Crippen LogP contribution in [0.15, 0.2) is 30.9 Å². The van der Waals surface area contributed by atoms with Crippen LogP contribution in [0.3, 0.4) is 0 Å². The zero-order chi connectivity index (χ0) is 21.6. The van der Waals surface area contributed by atoms with Crippen LogP contribution < -0.4 is 15.5 Å². The highest BCUT2D eigenvalue weighted by Gasteiger charge is 2.63. The molecule has 0 bridgehead atoms. The lowest BCUT2D eigenvalue weighted by Gasteiger charge is -2.50. The summed E-state index contributed by atoms with van der Waals surface area (Å²) >= 11 is 5.29. The van der Waals surface area contributed by atoms with Gasteiger partial charge in [-0.25, -0.2) is 4.79 Å². The molecular formula is C21H25N5O3S. The minimum absolute atomic E-state index is 0.253. The van der Waals surface area contributed by atoms with Crippen molar-refractivity contribution in [3.8, 4) is 0 Å². The Hall–Kier alpha value is -2.94. The van der Waals surface area contributed by atoms with E-state index in [0.717, 1.165) is 46.1 Å². The van der Waals surface area contributed by atoms with Gasteiger partial charge in [-0.05, 0) is 55.2 Å². The maximum absolute atomic E-state index is 13.4. The van der Waals surface area contributed by atoms with Crippen molar-refractivity contribution >= 4 is 46.6 Å². The standard InChI is InChI=1S/C21H25N5O3S/c1-4-9-22-19(30)23-14-7-8-15-13(11-14)12-21(16-6-5-10-26(15)16)17(27)24(2)20(29)25(3)18(21)28/h4,7-8,11,16H,1,5-6,9-10,12H2,2-3H3,(H2,22,23,30)/t16-/m0/s1. The summed E-state index contributed by atoms with van der Waals surface area (Å²) in [5, 5.41) is 6.62. The molecule has 30 heavy (non-hydrogen) atoms. The van der Waals surface area contributed by atoms with Crippen molar-refractivity contribution < 1.29 is 14.4 Å². The third-order valence-corrected chi connectivity index (χ3v) is 6.54. The number of carbonyl (C=O) groups excluding carboxylic acids is 3. The van der Waals surface area contributed by atoms with Crippen LogP contribution in [-0.4, -0.2) is 66.0 Å². The summed E-state index contributed by atoms with van der Waals surface area (Å²) < 4.78 is 0. The molecule has 1 aromatic carbocycles. The van der Waals surface area contributed by atoms with Gasteiger partial charge in [0.25, 0.3) is 0 Å². The molecule has 2 fully saturated rings. The number of hydrogen-bond acceptors (Lipinski definition) is 5. The molecule has 2 saturated heterocycles. The molecule has 1 atom stereocenters. The fourth-order valence-corrected chi connectivity index (χ4v) is 5.14. The number of thiocarbonyl (C=S) groups is 1. The van der Waals surface area contributed by atoms with Gasteiger partial charge in [-0.15, -0.1) is 6.58 Å². The smallest absolute Gasteiger partial charge is 0.332 e. The van der Waals surface area contributed by atoms with Crippen molar-refractivity contribution in [1.29, 1.82) is 0 Å². The number of urea groups is 1. The van der Waals surface area contributed by atoms with E-state index in [9.17, 15) is 14.4 Å². The Morgan fingerprint density at radius 3 is 2.63 bits per heavy atom. The first-order valence-corrected chi connectivity index (χ1v) is 10.4. The summed E-state index contributed by atoms with van der Waals surface area (Å²) in [6.45, 7) is 4.97. The van der Waals surface area contributed by atoms with Crippen LogP contribution in [-0.2, 0) is 16.0 Å². The molecule has 0 aromatic heterocycles. The van der Waals surface area contributed by atoms with Gasteiger partial charge in [-0.1, -0.05) is 6.08 Å². The van der Waals surface area contributed by atoms with Gasteiger partial charge < -0.3 is 15.5 Å². The average Bonchev–Trinajstić information content (AvgIpc) is 3.24. The van der Waals surface area contributed by atoms with E-state index < -0.39 is 23.3 Å². The molecule has 3 aliphatic heterocycles. The number of nitrogens with zero attached hydrogens (tertiary/aromatic N) is 3. The van der Waals surface area contributed by atoms with Crippen LogP contribution >= 0.6 is 12.2 Å². The number of barbiturate groups is 1. The lowest BCUT2D eigenvalue weighted by Crippen LogP contribution is -2.70. The third-order valence-electron chi connectivity index (χ3n) is 6.29. The lowest BCUT2D eigenvalue weighted by atomic mass is 9.68. The number of anilines is 2. The van der Waals surface area contributed by atoms with Gasteiger partial charge in [0.2, 0.25) is 11.8 Å². The second kappa shape index (κ2) is 7.39. The summed E-state index contributed by atoms with van der Waals surface area (Å²) in [6, 6.07) is 5.05. The first-order chi connectivity index (χ1) is 14.3. The Bertz CT molecular complexity index is 938. The number of nitrogens with one attached hydrogen (secondary N) is 2. The van der Waals surface area contributed by atoms with Crippen LogP contribution in [0.4, 0.5) is 16.2 Å². The summed E-state index contributed by atoms with van der Waals surface area (Å²) in [4.78, 5) is 43.4. The molecule has 3 heterocycles. The predicted octanol–water partition coefficient (Wildman–Crippen LogP) is 1.72. The van der Waals surface area contributed by atoms with Gasteiger partial charge >= 0.3 is 6.03 Å². The highest BCUT2D eigenvalue weighted by Crippen LogP contribution is 2.49. The molecular weight excluding hydrogens is 402 g/mol. The lowest BCUT2D eigenvalue weighted by molar-refractivity contribution is -0.159. The molecule has 1 spiro atoms. The first-order valence-electron chi connectivity index (χ1n) is 9.97. The second-order valence-electron chi connectivity index (χ2n) is 7.98. The molecule has 0 unspecified atom stereocenters. The number of hydrogen-bond donors (Lipinski definition) is 2. The van der Waals surface area contributed by atoms with E-state index in [4.69, 9.17) is 12.2 Å². The Kier molecular flexibility index (Phi) is 5.01. The number of fused-ring (bicyclic) bond motifs is 4. The zero-order valence-electron chi connectivity index (χ0n) is 17.1. The van der Waals surface area contributed by atoms with Crippen molar-refractivity contribution in [2.24, 2.45) is 5.41 Å². The number of carbonyl (C=O) groups is 3. The third kappa shape index (κ3) is 2.87. The second-order valence-corrected chi connectivity index (χ2v) is 8.39. The van der Waals surface area contributed by atoms with E-state index in [2.05, 4.69) is 22.1 Å². The minimum atomic E-state index is -1.29. The molecule has 4 amide bonds. The molecule has 4 rings (SSSR count). The zero-order valence-corrected chi connectivity index (χ0v) is 17.9. The Balaban J connectivity index is 1.74. The molecule has 3 aliphatic rings. The summed E-state index contributed by atoms with van der Waals surface area (Å²) in [7, 11) is 2.90. The van der Waals surface area contributed by atoms with Crippen molar-refractivity contribution in [3.05, 3.63) is 36.4 Å². The van der Waals surface area contributed by atoms with Gasteiger partial charge in [0.05, 0.1) is 6.04 Å². The topological polar surface area (TPSA) is 85.0 Å². The van der Waals surface area contributed by atoms with Gasteiger partial charge in [0.15, 0.2) is 10.5 Å². The molecule has 0 saturated carbocycles.